The smallest absolute Gasteiger partial charge is 0.271 e. The van der Waals surface area contributed by atoms with Gasteiger partial charge in [-0.1, -0.05) is 36.4 Å². The number of alkyl halides is 1. The van der Waals surface area contributed by atoms with Crippen molar-refractivity contribution in [1.29, 1.82) is 0 Å². The van der Waals surface area contributed by atoms with Crippen molar-refractivity contribution in [3.05, 3.63) is 0 Å². The fraction of sp³-hybridized carbons (Fsp3) is 1.00. The van der Waals surface area contributed by atoms with Crippen molar-refractivity contribution in [2.45, 2.75) is 23.7 Å². The molecule has 0 aromatic rings. The lowest BCUT2D eigenvalue weighted by Gasteiger charge is -2.51. The fourth-order valence-electron chi connectivity index (χ4n) is 1.47. The average Bonchev–Trinajstić information content (AvgIpc) is 2.06. The Morgan fingerprint density at radius 2 is 1.58 bits per heavy atom. The Hall–Kier alpha value is 0.610. The first-order valence-electron chi connectivity index (χ1n) is 4.07. The number of fused-ring (bicyclic) bond motifs is 3. The van der Waals surface area contributed by atoms with Crippen LogP contribution in [0.5, 0.6) is 0 Å². The highest BCUT2D eigenvalue weighted by molar-refractivity contribution is 14.1. The summed E-state index contributed by atoms with van der Waals surface area (Å²) in [5.74, 6) is 0. The zero-order chi connectivity index (χ0) is 8.82. The van der Waals surface area contributed by atoms with Crippen LogP contribution in [-0.4, -0.2) is 29.7 Å². The first-order valence-corrected chi connectivity index (χ1v) is 5.15. The van der Waals surface area contributed by atoms with Crippen molar-refractivity contribution >= 4 is 22.6 Å². The number of hydrogen-bond donors (Lipinski definition) is 0. The summed E-state index contributed by atoms with van der Waals surface area (Å²) in [6, 6.07) is 0. The van der Waals surface area contributed by atoms with Crippen LogP contribution in [0.15, 0.2) is 0 Å². The Labute approximate surface area is 85.9 Å². The number of hydrogen-bond acceptors (Lipinski definition) is 3. The molecule has 0 amide bonds. The van der Waals surface area contributed by atoms with Crippen LogP contribution in [0.25, 0.3) is 0 Å². The Morgan fingerprint density at radius 1 is 1.17 bits per heavy atom. The van der Waals surface area contributed by atoms with Gasteiger partial charge in [0.2, 0.25) is 0 Å². The van der Waals surface area contributed by atoms with E-state index in [1.54, 1.807) is 0 Å². The molecule has 3 nitrogen and oxygen atoms in total. The third kappa shape index (κ3) is 1.29. The van der Waals surface area contributed by atoms with Crippen molar-refractivity contribution in [2.24, 2.45) is 5.41 Å². The van der Waals surface area contributed by atoms with E-state index in [0.29, 0.717) is 0 Å². The monoisotopic (exact) mass is 284 g/mol. The van der Waals surface area contributed by atoms with Crippen LogP contribution in [0.2, 0.25) is 0 Å². The summed E-state index contributed by atoms with van der Waals surface area (Å²) >= 11 is 2.43. The van der Waals surface area contributed by atoms with Gasteiger partial charge in [-0.3, -0.25) is 0 Å². The van der Waals surface area contributed by atoms with Crippen LogP contribution in [-0.2, 0) is 14.2 Å². The first kappa shape index (κ1) is 9.18. The highest BCUT2D eigenvalue weighted by Gasteiger charge is 2.51. The van der Waals surface area contributed by atoms with E-state index in [9.17, 15) is 0 Å². The van der Waals surface area contributed by atoms with Crippen molar-refractivity contribution in [1.82, 2.24) is 0 Å². The summed E-state index contributed by atoms with van der Waals surface area (Å²) in [7, 11) is 0. The molecule has 0 aliphatic carbocycles. The zero-order valence-electron chi connectivity index (χ0n) is 7.30. The highest BCUT2D eigenvalue weighted by Crippen LogP contribution is 2.45. The van der Waals surface area contributed by atoms with Crippen molar-refractivity contribution in [3.63, 3.8) is 0 Å². The van der Waals surface area contributed by atoms with Gasteiger partial charge < -0.3 is 14.2 Å². The van der Waals surface area contributed by atoms with Gasteiger partial charge in [0.15, 0.2) is 0 Å². The lowest BCUT2D eigenvalue weighted by atomic mass is 9.78. The van der Waals surface area contributed by atoms with E-state index in [2.05, 4.69) is 36.4 Å². The van der Waals surface area contributed by atoms with Gasteiger partial charge in [0.25, 0.3) is 6.48 Å². The average molecular weight is 284 g/mol. The molecule has 3 aliphatic rings. The highest BCUT2D eigenvalue weighted by atomic mass is 127. The molecule has 70 valence electrons. The predicted molar refractivity (Wildman–Crippen MR) is 52.2 cm³/mol. The van der Waals surface area contributed by atoms with Crippen LogP contribution in [0.4, 0.5) is 0 Å². The van der Waals surface area contributed by atoms with E-state index < -0.39 is 6.48 Å². The second kappa shape index (κ2) is 2.80. The maximum absolute atomic E-state index is 5.36. The number of rotatable bonds is 1. The minimum absolute atomic E-state index is 0.0440. The fourth-order valence-corrected chi connectivity index (χ4v) is 1.93. The van der Waals surface area contributed by atoms with E-state index >= 15 is 0 Å². The maximum atomic E-state index is 5.36. The predicted octanol–water partition coefficient (Wildman–Crippen LogP) is 1.55. The number of ether oxygens (including phenoxy) is 3. The van der Waals surface area contributed by atoms with Gasteiger partial charge in [-0.2, -0.15) is 0 Å². The first-order chi connectivity index (χ1) is 5.54. The van der Waals surface area contributed by atoms with Crippen molar-refractivity contribution < 1.29 is 14.2 Å². The molecule has 3 aliphatic heterocycles. The van der Waals surface area contributed by atoms with Gasteiger partial charge in [-0.05, 0) is 0 Å². The van der Waals surface area contributed by atoms with Crippen molar-refractivity contribution in [3.8, 4) is 0 Å². The number of halogens is 1. The summed E-state index contributed by atoms with van der Waals surface area (Å²) in [5.41, 5.74) is 0.0440. The van der Waals surface area contributed by atoms with Gasteiger partial charge in [0, 0.05) is 3.42 Å². The summed E-state index contributed by atoms with van der Waals surface area (Å²) in [5, 5.41) is 0. The van der Waals surface area contributed by atoms with Gasteiger partial charge >= 0.3 is 0 Å². The van der Waals surface area contributed by atoms with E-state index in [-0.39, 0.29) is 8.84 Å². The van der Waals surface area contributed by atoms with Gasteiger partial charge in [0.1, 0.15) is 0 Å². The SMILES string of the molecule is CC(C)(I)C12COC(OC1)OC2. The third-order valence-corrected chi connectivity index (χ3v) is 3.89. The second-order valence-electron chi connectivity index (χ2n) is 3.97. The maximum Gasteiger partial charge on any atom is 0.271 e. The van der Waals surface area contributed by atoms with Gasteiger partial charge in [-0.15, -0.1) is 0 Å². The molecule has 0 aromatic carbocycles. The van der Waals surface area contributed by atoms with E-state index in [4.69, 9.17) is 14.2 Å². The van der Waals surface area contributed by atoms with E-state index in [1.807, 2.05) is 0 Å². The molecule has 0 saturated carbocycles. The van der Waals surface area contributed by atoms with Crippen LogP contribution < -0.4 is 0 Å². The Morgan fingerprint density at radius 3 is 1.83 bits per heavy atom. The zero-order valence-corrected chi connectivity index (χ0v) is 9.46. The molecule has 0 radical (unpaired) electrons. The Kier molecular flexibility index (Phi) is 2.14. The molecule has 0 atom stereocenters. The molecular weight excluding hydrogens is 271 g/mol. The molecule has 0 aromatic heterocycles. The molecule has 3 heterocycles. The molecule has 2 bridgehead atoms. The summed E-state index contributed by atoms with van der Waals surface area (Å²) < 4.78 is 16.2. The summed E-state index contributed by atoms with van der Waals surface area (Å²) in [4.78, 5) is 0. The molecule has 0 unspecified atom stereocenters. The molecule has 3 fully saturated rings. The van der Waals surface area contributed by atoms with Crippen LogP contribution in [0.3, 0.4) is 0 Å². The molecule has 4 heteroatoms. The topological polar surface area (TPSA) is 27.7 Å². The van der Waals surface area contributed by atoms with Gasteiger partial charge in [0.05, 0.1) is 25.2 Å². The largest absolute Gasteiger partial charge is 0.329 e. The molecule has 3 rings (SSSR count). The van der Waals surface area contributed by atoms with E-state index in [0.717, 1.165) is 19.8 Å². The Bertz CT molecular complexity index is 165. The van der Waals surface area contributed by atoms with Crippen molar-refractivity contribution in [2.75, 3.05) is 19.8 Å². The molecular formula is C8H13IO3. The quantitative estimate of drug-likeness (QED) is 0.540. The van der Waals surface area contributed by atoms with Crippen LogP contribution in [0, 0.1) is 5.41 Å². The van der Waals surface area contributed by atoms with E-state index in [1.165, 1.54) is 0 Å². The summed E-state index contributed by atoms with van der Waals surface area (Å²) in [6.45, 7) is 6.25. The minimum atomic E-state index is -0.398. The normalized spacial score (nSPS) is 41.8. The molecule has 0 spiro atoms. The Balaban J connectivity index is 2.19. The molecule has 3 saturated heterocycles. The third-order valence-electron chi connectivity index (χ3n) is 2.75. The van der Waals surface area contributed by atoms with Gasteiger partial charge in [-0.25, -0.2) is 0 Å². The molecule has 12 heavy (non-hydrogen) atoms. The minimum Gasteiger partial charge on any atom is -0.329 e. The van der Waals surface area contributed by atoms with Crippen LogP contribution >= 0.6 is 22.6 Å². The summed E-state index contributed by atoms with van der Waals surface area (Å²) in [6.07, 6.45) is 0. The second-order valence-corrected chi connectivity index (χ2v) is 6.67. The lowest BCUT2D eigenvalue weighted by Crippen LogP contribution is -2.59. The van der Waals surface area contributed by atoms with Crippen LogP contribution in [0.1, 0.15) is 13.8 Å². The lowest BCUT2D eigenvalue weighted by molar-refractivity contribution is -0.397. The molecule has 0 N–H and O–H groups in total. The standard InChI is InChI=1S/C8H13IO3/c1-7(2,9)8-3-10-6(11-4-8)12-5-8/h6H,3-5H2,1-2H3.